The van der Waals surface area contributed by atoms with Crippen LogP contribution in [0.4, 0.5) is 28.8 Å². The third kappa shape index (κ3) is 5.79. The second kappa shape index (κ2) is 11.2. The molecule has 4 heterocycles. The highest BCUT2D eigenvalue weighted by Gasteiger charge is 2.36. The van der Waals surface area contributed by atoms with Crippen molar-refractivity contribution >= 4 is 52.9 Å². The van der Waals surface area contributed by atoms with Crippen molar-refractivity contribution in [3.8, 4) is 5.75 Å². The molecule has 3 aliphatic heterocycles. The molecule has 9 nitrogen and oxygen atoms in total. The number of ether oxygens (including phenoxy) is 1. The molecule has 212 valence electrons. The normalized spacial score (nSPS) is 20.4. The highest BCUT2D eigenvalue weighted by molar-refractivity contribution is 7.70. The van der Waals surface area contributed by atoms with E-state index in [4.69, 9.17) is 16.3 Å². The molecule has 1 aromatic heterocycles. The number of halogens is 1. The molecule has 0 aliphatic carbocycles. The number of benzene rings is 2. The quantitative estimate of drug-likeness (QED) is 0.397. The summed E-state index contributed by atoms with van der Waals surface area (Å²) in [5.74, 6) is 1.72. The Balaban J connectivity index is 1.15. The van der Waals surface area contributed by atoms with Crippen molar-refractivity contribution in [1.82, 2.24) is 19.8 Å². The first-order chi connectivity index (χ1) is 19.2. The Hall–Kier alpha value is -2.84. The summed E-state index contributed by atoms with van der Waals surface area (Å²) in [5, 5.41) is 7.67. The second-order valence-corrected chi connectivity index (χ2v) is 15.0. The Morgan fingerprint density at radius 1 is 1.02 bits per heavy atom. The van der Waals surface area contributed by atoms with Gasteiger partial charge in [0, 0.05) is 42.7 Å². The molecule has 3 aliphatic rings. The van der Waals surface area contributed by atoms with Crippen molar-refractivity contribution in [2.75, 3.05) is 75.2 Å². The molecule has 2 fully saturated rings. The molecule has 6 rings (SSSR count). The van der Waals surface area contributed by atoms with E-state index in [1.165, 1.54) is 25.9 Å². The van der Waals surface area contributed by atoms with Gasteiger partial charge in [-0.15, -0.1) is 0 Å². The van der Waals surface area contributed by atoms with E-state index in [1.54, 1.807) is 19.5 Å². The molecule has 2 N–H and O–H groups in total. The molecule has 0 saturated carbocycles. The van der Waals surface area contributed by atoms with E-state index in [-0.39, 0.29) is 0 Å². The van der Waals surface area contributed by atoms with Crippen LogP contribution in [-0.2, 0) is 4.57 Å². The number of para-hydroxylation sites is 1. The number of hydrogen-bond donors (Lipinski definition) is 2. The zero-order chi connectivity index (χ0) is 27.9. The second-order valence-electron chi connectivity index (χ2n) is 11.4. The molecule has 2 saturated heterocycles. The van der Waals surface area contributed by atoms with Gasteiger partial charge in [-0.1, -0.05) is 23.7 Å². The highest BCUT2D eigenvalue weighted by atomic mass is 35.5. The standard InChI is InChI=1S/C29H37ClN7O2P/c1-35-12-10-21(11-13-35)36-14-15-37-22(18-36)19-39-26-16-20(8-9-25(26)37)32-29-31-17-23(30)28(34-29)33-24-6-4-5-7-27(24)40(2,3)38/h4-9,16-17,21-22H,10-15,18-19H2,1-3H3,(H2,31,32,33,34)/t22-/m1/s1. The van der Waals surface area contributed by atoms with Gasteiger partial charge >= 0.3 is 0 Å². The first-order valence-electron chi connectivity index (χ1n) is 13.9. The van der Waals surface area contributed by atoms with Crippen molar-refractivity contribution in [3.05, 3.63) is 53.7 Å². The summed E-state index contributed by atoms with van der Waals surface area (Å²) in [5.41, 5.74) is 2.70. The van der Waals surface area contributed by atoms with Gasteiger partial charge in [-0.25, -0.2) is 4.98 Å². The number of likely N-dealkylation sites (tertiary alicyclic amines) is 1. The minimum absolute atomic E-state index is 0.373. The van der Waals surface area contributed by atoms with Crippen molar-refractivity contribution in [3.63, 3.8) is 0 Å². The maximum Gasteiger partial charge on any atom is 0.229 e. The average molecular weight is 582 g/mol. The fourth-order valence-corrected chi connectivity index (χ4v) is 7.28. The third-order valence-electron chi connectivity index (χ3n) is 8.16. The number of nitrogens with zero attached hydrogens (tertiary/aromatic N) is 5. The van der Waals surface area contributed by atoms with Crippen molar-refractivity contribution < 1.29 is 9.30 Å². The van der Waals surface area contributed by atoms with E-state index < -0.39 is 7.14 Å². The maximum atomic E-state index is 12.8. The zero-order valence-corrected chi connectivity index (χ0v) is 25.0. The van der Waals surface area contributed by atoms with Crippen LogP contribution in [-0.4, -0.2) is 91.6 Å². The van der Waals surface area contributed by atoms with Crippen LogP contribution in [0.5, 0.6) is 5.75 Å². The number of anilines is 5. The number of aromatic nitrogens is 2. The van der Waals surface area contributed by atoms with Crippen LogP contribution < -0.4 is 25.6 Å². The number of nitrogens with one attached hydrogen (secondary N) is 2. The summed E-state index contributed by atoms with van der Waals surface area (Å²) in [6.45, 7) is 9.71. The summed E-state index contributed by atoms with van der Waals surface area (Å²) >= 11 is 6.43. The van der Waals surface area contributed by atoms with E-state index >= 15 is 0 Å². The summed E-state index contributed by atoms with van der Waals surface area (Å²) in [4.78, 5) is 16.6. The van der Waals surface area contributed by atoms with Gasteiger partial charge in [0.05, 0.1) is 23.6 Å². The van der Waals surface area contributed by atoms with Gasteiger partial charge in [-0.05, 0) is 70.6 Å². The van der Waals surface area contributed by atoms with Gasteiger partial charge in [-0.3, -0.25) is 4.90 Å². The molecule has 0 bridgehead atoms. The van der Waals surface area contributed by atoms with E-state index in [9.17, 15) is 4.57 Å². The van der Waals surface area contributed by atoms with Crippen molar-refractivity contribution in [1.29, 1.82) is 0 Å². The van der Waals surface area contributed by atoms with E-state index in [0.29, 0.717) is 35.5 Å². The predicted octanol–water partition coefficient (Wildman–Crippen LogP) is 4.84. The molecule has 0 spiro atoms. The fourth-order valence-electron chi connectivity index (χ4n) is 5.98. The molecule has 0 unspecified atom stereocenters. The van der Waals surface area contributed by atoms with E-state index in [0.717, 1.165) is 47.8 Å². The van der Waals surface area contributed by atoms with Crippen LogP contribution in [0.1, 0.15) is 12.8 Å². The van der Waals surface area contributed by atoms with Crippen molar-refractivity contribution in [2.45, 2.75) is 24.9 Å². The van der Waals surface area contributed by atoms with Gasteiger partial charge in [0.1, 0.15) is 24.5 Å². The first kappa shape index (κ1) is 27.3. The van der Waals surface area contributed by atoms with E-state index in [2.05, 4.69) is 48.4 Å². The number of piperidine rings is 1. The largest absolute Gasteiger partial charge is 0.489 e. The summed E-state index contributed by atoms with van der Waals surface area (Å²) in [6.07, 6.45) is 4.07. The lowest BCUT2D eigenvalue weighted by atomic mass is 10.00. The van der Waals surface area contributed by atoms with Gasteiger partial charge in [0.15, 0.2) is 5.82 Å². The monoisotopic (exact) mass is 581 g/mol. The number of fused-ring (bicyclic) bond motifs is 3. The van der Waals surface area contributed by atoms with Crippen LogP contribution in [0.2, 0.25) is 5.02 Å². The maximum absolute atomic E-state index is 12.8. The fraction of sp³-hybridized carbons (Fsp3) is 0.448. The number of rotatable bonds is 6. The van der Waals surface area contributed by atoms with Crippen LogP contribution in [0.3, 0.4) is 0 Å². The van der Waals surface area contributed by atoms with Crippen LogP contribution in [0.25, 0.3) is 0 Å². The third-order valence-corrected chi connectivity index (χ3v) is 9.98. The highest BCUT2D eigenvalue weighted by Crippen LogP contribution is 2.40. The van der Waals surface area contributed by atoms with E-state index in [1.807, 2.05) is 36.4 Å². The molecular weight excluding hydrogens is 545 g/mol. The zero-order valence-electron chi connectivity index (χ0n) is 23.3. The van der Waals surface area contributed by atoms with Gasteiger partial charge in [0.25, 0.3) is 0 Å². The predicted molar refractivity (Wildman–Crippen MR) is 164 cm³/mol. The molecule has 0 amide bonds. The average Bonchev–Trinajstić information content (AvgIpc) is 2.94. The van der Waals surface area contributed by atoms with Gasteiger partial charge in [-0.2, -0.15) is 4.98 Å². The summed E-state index contributed by atoms with van der Waals surface area (Å²) in [7, 11) is -0.278. The molecular formula is C29H37ClN7O2P. The molecule has 1 atom stereocenters. The van der Waals surface area contributed by atoms with Crippen molar-refractivity contribution in [2.24, 2.45) is 0 Å². The molecule has 0 radical (unpaired) electrons. The number of piperazine rings is 1. The molecule has 2 aromatic carbocycles. The molecule has 40 heavy (non-hydrogen) atoms. The van der Waals surface area contributed by atoms with Crippen LogP contribution in [0.15, 0.2) is 48.7 Å². The molecule has 3 aromatic rings. The lowest BCUT2D eigenvalue weighted by Crippen LogP contribution is -2.60. The Kier molecular flexibility index (Phi) is 7.66. The Labute approximate surface area is 241 Å². The SMILES string of the molecule is CN1CCC(N2CCN3c4ccc(Nc5ncc(Cl)c(Nc6ccccc6P(C)(C)=O)n5)cc4OC[C@H]3C2)CC1. The number of hydrogen-bond acceptors (Lipinski definition) is 9. The Morgan fingerprint density at radius 2 is 1.82 bits per heavy atom. The van der Waals surface area contributed by atoms with Crippen LogP contribution >= 0.6 is 18.7 Å². The Morgan fingerprint density at radius 3 is 2.62 bits per heavy atom. The summed E-state index contributed by atoms with van der Waals surface area (Å²) < 4.78 is 19.1. The summed E-state index contributed by atoms with van der Waals surface area (Å²) in [6, 6.07) is 14.8. The van der Waals surface area contributed by atoms with Gasteiger partial charge < -0.3 is 29.7 Å². The lowest BCUT2D eigenvalue weighted by molar-refractivity contribution is 0.0868. The topological polar surface area (TPSA) is 85.9 Å². The first-order valence-corrected chi connectivity index (χ1v) is 16.9. The minimum Gasteiger partial charge on any atom is -0.489 e. The molecule has 11 heteroatoms. The smallest absolute Gasteiger partial charge is 0.229 e. The lowest BCUT2D eigenvalue weighted by Gasteiger charge is -2.48. The minimum atomic E-state index is -2.50. The van der Waals surface area contributed by atoms with Crippen LogP contribution in [0, 0.1) is 0 Å². The Bertz CT molecular complexity index is 1430. The van der Waals surface area contributed by atoms with Gasteiger partial charge in [0.2, 0.25) is 5.95 Å².